The van der Waals surface area contributed by atoms with E-state index in [1.807, 2.05) is 13.8 Å². The predicted molar refractivity (Wildman–Crippen MR) is 103 cm³/mol. The molecular weight excluding hydrogens is 370 g/mol. The third kappa shape index (κ3) is 6.13. The maximum atomic E-state index is 12.4. The summed E-state index contributed by atoms with van der Waals surface area (Å²) in [4.78, 5) is 26.4. The molecule has 1 aromatic rings. The lowest BCUT2D eigenvalue weighted by Crippen LogP contribution is -2.48. The molecular formula is C18H27N3O5S. The number of ether oxygens (including phenoxy) is 1. The average molecular weight is 397 g/mol. The average Bonchev–Trinajstić information content (AvgIpc) is 2.61. The molecule has 1 heterocycles. The molecule has 0 saturated carbocycles. The Bertz CT molecular complexity index is 741. The third-order valence-corrected chi connectivity index (χ3v) is 5.44. The molecule has 1 aliphatic rings. The van der Waals surface area contributed by atoms with Crippen molar-refractivity contribution < 1.29 is 22.7 Å². The van der Waals surface area contributed by atoms with E-state index < -0.39 is 10.0 Å². The summed E-state index contributed by atoms with van der Waals surface area (Å²) in [6.45, 7) is 5.84. The van der Waals surface area contributed by atoms with Gasteiger partial charge in [0.1, 0.15) is 5.75 Å². The number of amides is 2. The Hall–Kier alpha value is -2.29. The van der Waals surface area contributed by atoms with Gasteiger partial charge in [-0.15, -0.1) is 0 Å². The highest BCUT2D eigenvalue weighted by Gasteiger charge is 2.23. The van der Waals surface area contributed by atoms with Gasteiger partial charge in [-0.25, -0.2) is 8.42 Å². The number of carbonyl (C=O) groups excluding carboxylic acids is 2. The van der Waals surface area contributed by atoms with Gasteiger partial charge in [-0.3, -0.25) is 13.9 Å². The van der Waals surface area contributed by atoms with Crippen LogP contribution in [-0.4, -0.2) is 75.6 Å². The molecule has 27 heavy (non-hydrogen) atoms. The van der Waals surface area contributed by atoms with Gasteiger partial charge in [0.25, 0.3) is 0 Å². The van der Waals surface area contributed by atoms with Crippen molar-refractivity contribution in [1.29, 1.82) is 0 Å². The minimum atomic E-state index is -3.53. The number of carbonyl (C=O) groups is 2. The van der Waals surface area contributed by atoms with Crippen LogP contribution in [0, 0.1) is 0 Å². The summed E-state index contributed by atoms with van der Waals surface area (Å²) in [7, 11) is -3.53. The first kappa shape index (κ1) is 21.0. The third-order valence-electron chi connectivity index (χ3n) is 4.24. The van der Waals surface area contributed by atoms with Crippen LogP contribution in [0.15, 0.2) is 24.3 Å². The van der Waals surface area contributed by atoms with Gasteiger partial charge in [-0.2, -0.15) is 0 Å². The van der Waals surface area contributed by atoms with Gasteiger partial charge < -0.3 is 14.5 Å². The van der Waals surface area contributed by atoms with Gasteiger partial charge in [-0.05, 0) is 38.1 Å². The quantitative estimate of drug-likeness (QED) is 0.609. The number of hydrogen-bond acceptors (Lipinski definition) is 5. The molecule has 0 bridgehead atoms. The molecule has 1 saturated heterocycles. The first-order valence-electron chi connectivity index (χ1n) is 8.92. The van der Waals surface area contributed by atoms with Crippen LogP contribution in [-0.2, 0) is 19.6 Å². The monoisotopic (exact) mass is 397 g/mol. The first-order valence-corrected chi connectivity index (χ1v) is 10.8. The lowest BCUT2D eigenvalue weighted by Gasteiger charge is -2.33. The Morgan fingerprint density at radius 2 is 1.78 bits per heavy atom. The fourth-order valence-corrected chi connectivity index (χ4v) is 3.81. The molecule has 0 spiro atoms. The molecule has 8 nitrogen and oxygen atoms in total. The zero-order chi connectivity index (χ0) is 20.0. The summed E-state index contributed by atoms with van der Waals surface area (Å²) in [5.41, 5.74) is 0.493. The zero-order valence-corrected chi connectivity index (χ0v) is 16.8. The number of rotatable bonds is 8. The molecule has 2 rings (SSSR count). The second kappa shape index (κ2) is 9.07. The molecule has 9 heteroatoms. The smallest absolute Gasteiger partial charge is 0.232 e. The molecule has 0 aliphatic carbocycles. The Morgan fingerprint density at radius 1 is 1.19 bits per heavy atom. The van der Waals surface area contributed by atoms with Crippen molar-refractivity contribution in [1.82, 2.24) is 9.80 Å². The molecule has 150 valence electrons. The van der Waals surface area contributed by atoms with Gasteiger partial charge in [0, 0.05) is 39.1 Å². The van der Waals surface area contributed by atoms with E-state index >= 15 is 0 Å². The number of benzene rings is 1. The van der Waals surface area contributed by atoms with Crippen LogP contribution in [0.3, 0.4) is 0 Å². The van der Waals surface area contributed by atoms with E-state index in [1.165, 1.54) is 4.31 Å². The summed E-state index contributed by atoms with van der Waals surface area (Å²) in [6.07, 6.45) is 2.01. The summed E-state index contributed by atoms with van der Waals surface area (Å²) in [5.74, 6) is 0.542. The molecule has 0 atom stereocenters. The Kier molecular flexibility index (Phi) is 7.06. The summed E-state index contributed by atoms with van der Waals surface area (Å²) < 4.78 is 31.2. The second-order valence-electron chi connectivity index (χ2n) is 6.77. The van der Waals surface area contributed by atoms with Crippen molar-refractivity contribution >= 4 is 28.0 Å². The van der Waals surface area contributed by atoms with E-state index in [1.54, 1.807) is 34.1 Å². The predicted octanol–water partition coefficient (Wildman–Crippen LogP) is 0.931. The van der Waals surface area contributed by atoms with Crippen LogP contribution in [0.1, 0.15) is 20.3 Å². The summed E-state index contributed by atoms with van der Waals surface area (Å²) in [5, 5.41) is 0. The van der Waals surface area contributed by atoms with Crippen LogP contribution in [0.5, 0.6) is 5.75 Å². The van der Waals surface area contributed by atoms with Crippen molar-refractivity contribution in [3.05, 3.63) is 24.3 Å². The van der Waals surface area contributed by atoms with Gasteiger partial charge in [0.05, 0.1) is 18.0 Å². The van der Waals surface area contributed by atoms with E-state index in [4.69, 9.17) is 4.74 Å². The van der Waals surface area contributed by atoms with Gasteiger partial charge in [0.15, 0.2) is 0 Å². The largest absolute Gasteiger partial charge is 0.491 e. The number of hydrogen-bond donors (Lipinski definition) is 0. The van der Waals surface area contributed by atoms with Crippen LogP contribution >= 0.6 is 0 Å². The minimum absolute atomic E-state index is 0.0270. The fraction of sp³-hybridized carbons (Fsp3) is 0.556. The van der Waals surface area contributed by atoms with Gasteiger partial charge in [0.2, 0.25) is 22.3 Å². The Morgan fingerprint density at radius 3 is 2.26 bits per heavy atom. The van der Waals surface area contributed by atoms with Crippen molar-refractivity contribution in [3.63, 3.8) is 0 Å². The van der Waals surface area contributed by atoms with E-state index in [0.717, 1.165) is 12.7 Å². The number of anilines is 1. The van der Waals surface area contributed by atoms with Crippen molar-refractivity contribution in [2.24, 2.45) is 0 Å². The van der Waals surface area contributed by atoms with Crippen LogP contribution in [0.2, 0.25) is 0 Å². The summed E-state index contributed by atoms with van der Waals surface area (Å²) >= 11 is 0. The molecule has 1 aromatic carbocycles. The Balaban J connectivity index is 2.01. The highest BCUT2D eigenvalue weighted by atomic mass is 32.2. The van der Waals surface area contributed by atoms with Crippen molar-refractivity contribution in [3.8, 4) is 5.75 Å². The van der Waals surface area contributed by atoms with Gasteiger partial charge in [-0.1, -0.05) is 0 Å². The van der Waals surface area contributed by atoms with Crippen LogP contribution in [0.4, 0.5) is 5.69 Å². The molecule has 1 aliphatic heterocycles. The van der Waals surface area contributed by atoms with E-state index in [-0.39, 0.29) is 25.0 Å². The normalized spacial score (nSPS) is 15.0. The highest BCUT2D eigenvalue weighted by Crippen LogP contribution is 2.22. The lowest BCUT2D eigenvalue weighted by atomic mass is 10.2. The van der Waals surface area contributed by atoms with Crippen molar-refractivity contribution in [2.45, 2.75) is 26.4 Å². The molecule has 2 amide bonds. The molecule has 1 fully saturated rings. The zero-order valence-electron chi connectivity index (χ0n) is 16.0. The molecule has 0 radical (unpaired) electrons. The minimum Gasteiger partial charge on any atom is -0.491 e. The molecule has 0 aromatic heterocycles. The highest BCUT2D eigenvalue weighted by molar-refractivity contribution is 7.92. The molecule has 0 unspecified atom stereocenters. The van der Waals surface area contributed by atoms with E-state index in [2.05, 4.69) is 0 Å². The first-order chi connectivity index (χ1) is 12.7. The van der Waals surface area contributed by atoms with E-state index in [9.17, 15) is 18.0 Å². The van der Waals surface area contributed by atoms with E-state index in [0.29, 0.717) is 37.6 Å². The lowest BCUT2D eigenvalue weighted by molar-refractivity contribution is -0.134. The maximum absolute atomic E-state index is 12.4. The number of sulfonamides is 1. The fourth-order valence-electron chi connectivity index (χ4n) is 2.88. The standard InChI is InChI=1S/C18H27N3O5S/c1-15(2)26-17-6-4-16(5-7-17)21(27(3,24)25)9-8-18(23)20-12-10-19(14-22)11-13-20/h4-7,14-15H,8-13H2,1-3H3. The van der Waals surface area contributed by atoms with Crippen molar-refractivity contribution in [2.75, 3.05) is 43.3 Å². The molecule has 0 N–H and O–H groups in total. The number of nitrogens with zero attached hydrogens (tertiary/aromatic N) is 3. The SMILES string of the molecule is CC(C)Oc1ccc(N(CCC(=O)N2CCN(C=O)CC2)S(C)(=O)=O)cc1. The summed E-state index contributed by atoms with van der Waals surface area (Å²) in [6, 6.07) is 6.78. The van der Waals surface area contributed by atoms with Crippen LogP contribution < -0.4 is 9.04 Å². The van der Waals surface area contributed by atoms with Gasteiger partial charge >= 0.3 is 0 Å². The van der Waals surface area contributed by atoms with Crippen LogP contribution in [0.25, 0.3) is 0 Å². The second-order valence-corrected chi connectivity index (χ2v) is 8.67. The topological polar surface area (TPSA) is 87.2 Å². The number of piperazine rings is 1. The maximum Gasteiger partial charge on any atom is 0.232 e. The Labute approximate surface area is 160 Å².